The van der Waals surface area contributed by atoms with Crippen LogP contribution in [-0.4, -0.2) is 32.7 Å². The molecule has 28 heavy (non-hydrogen) atoms. The molecule has 144 valence electrons. The summed E-state index contributed by atoms with van der Waals surface area (Å²) in [7, 11) is 2.82. The summed E-state index contributed by atoms with van der Waals surface area (Å²) >= 11 is 3.33. The van der Waals surface area contributed by atoms with Crippen molar-refractivity contribution in [3.63, 3.8) is 0 Å². The molecule has 2 rings (SSSR count). The van der Waals surface area contributed by atoms with Gasteiger partial charge in [-0.2, -0.15) is 5.26 Å². The molecule has 0 aliphatic heterocycles. The van der Waals surface area contributed by atoms with Gasteiger partial charge < -0.3 is 19.5 Å². The van der Waals surface area contributed by atoms with E-state index in [9.17, 15) is 14.9 Å². The van der Waals surface area contributed by atoms with E-state index in [0.717, 1.165) is 0 Å². The Morgan fingerprint density at radius 2 is 1.89 bits per heavy atom. The van der Waals surface area contributed by atoms with E-state index in [1.165, 1.54) is 13.2 Å². The monoisotopic (exact) mass is 444 g/mol. The lowest BCUT2D eigenvalue weighted by molar-refractivity contribution is -0.142. The summed E-state index contributed by atoms with van der Waals surface area (Å²) < 4.78 is 15.5. The highest BCUT2D eigenvalue weighted by Gasteiger charge is 2.11. The Morgan fingerprint density at radius 3 is 2.46 bits per heavy atom. The van der Waals surface area contributed by atoms with Crippen LogP contribution in [-0.2, 0) is 14.3 Å². The first-order chi connectivity index (χ1) is 13.5. The Balaban J connectivity index is 2.12. The number of carbonyl (C=O) groups is 2. The van der Waals surface area contributed by atoms with Crippen LogP contribution < -0.4 is 14.8 Å². The highest BCUT2D eigenvalue weighted by Crippen LogP contribution is 2.27. The molecule has 0 saturated carbocycles. The van der Waals surface area contributed by atoms with Crippen LogP contribution in [0.1, 0.15) is 5.56 Å². The van der Waals surface area contributed by atoms with Gasteiger partial charge in [0.05, 0.1) is 18.7 Å². The van der Waals surface area contributed by atoms with Crippen LogP contribution in [0.2, 0.25) is 0 Å². The zero-order chi connectivity index (χ0) is 20.5. The van der Waals surface area contributed by atoms with E-state index in [2.05, 4.69) is 26.0 Å². The molecule has 0 bridgehead atoms. The van der Waals surface area contributed by atoms with E-state index in [-0.39, 0.29) is 12.2 Å². The fourth-order valence-corrected chi connectivity index (χ4v) is 2.62. The van der Waals surface area contributed by atoms with E-state index < -0.39 is 11.9 Å². The van der Waals surface area contributed by atoms with Crippen LogP contribution in [0.5, 0.6) is 11.5 Å². The second-order valence-electron chi connectivity index (χ2n) is 5.41. The quantitative estimate of drug-likeness (QED) is 0.398. The lowest BCUT2D eigenvalue weighted by Crippen LogP contribution is -2.13. The van der Waals surface area contributed by atoms with Crippen LogP contribution in [0.15, 0.2) is 52.5 Å². The first kappa shape index (κ1) is 21.0. The number of anilines is 1. The number of hydrogen-bond donors (Lipinski definition) is 1. The van der Waals surface area contributed by atoms with Crippen molar-refractivity contribution in [1.82, 2.24) is 0 Å². The largest absolute Gasteiger partial charge is 0.497 e. The molecule has 0 radical (unpaired) electrons. The molecular weight excluding hydrogens is 428 g/mol. The first-order valence-electron chi connectivity index (χ1n) is 8.03. The smallest absolute Gasteiger partial charge is 0.343 e. The van der Waals surface area contributed by atoms with Crippen LogP contribution in [0.25, 0.3) is 6.08 Å². The van der Waals surface area contributed by atoms with Gasteiger partial charge in [0.25, 0.3) is 5.91 Å². The molecular formula is C20H17BrN2O5. The minimum absolute atomic E-state index is 0.0639. The Kier molecular flexibility index (Phi) is 7.60. The fraction of sp³-hybridized carbons (Fsp3) is 0.150. The van der Waals surface area contributed by atoms with Crippen LogP contribution in [0.4, 0.5) is 5.69 Å². The average Bonchev–Trinajstić information content (AvgIpc) is 2.71. The van der Waals surface area contributed by atoms with Crippen molar-refractivity contribution in [3.8, 4) is 17.6 Å². The number of benzene rings is 2. The second-order valence-corrected chi connectivity index (χ2v) is 6.26. The van der Waals surface area contributed by atoms with Crippen molar-refractivity contribution < 1.29 is 23.8 Å². The Hall–Kier alpha value is -3.31. The predicted molar refractivity (Wildman–Crippen MR) is 107 cm³/mol. The molecule has 1 amide bonds. The molecule has 7 nitrogen and oxygen atoms in total. The SMILES string of the molecule is COC(=O)COc1ccc(/C=C(/C#N)C(=O)Nc2ccc(OC)cc2)cc1Br. The number of halogens is 1. The fourth-order valence-electron chi connectivity index (χ4n) is 2.11. The third-order valence-corrected chi connectivity index (χ3v) is 4.17. The molecule has 0 aliphatic carbocycles. The molecule has 2 aromatic carbocycles. The normalized spacial score (nSPS) is 10.6. The first-order valence-corrected chi connectivity index (χ1v) is 8.82. The second kappa shape index (κ2) is 10.1. The van der Waals surface area contributed by atoms with E-state index in [1.54, 1.807) is 49.6 Å². The van der Waals surface area contributed by atoms with Crippen LogP contribution >= 0.6 is 15.9 Å². The van der Waals surface area contributed by atoms with Gasteiger partial charge in [0.15, 0.2) is 6.61 Å². The van der Waals surface area contributed by atoms with Gasteiger partial charge in [0, 0.05) is 5.69 Å². The van der Waals surface area contributed by atoms with Crippen LogP contribution in [0, 0.1) is 11.3 Å². The van der Waals surface area contributed by atoms with Gasteiger partial charge in [-0.3, -0.25) is 4.79 Å². The van der Waals surface area contributed by atoms with Crippen molar-refractivity contribution >= 4 is 39.6 Å². The van der Waals surface area contributed by atoms with Crippen molar-refractivity contribution in [1.29, 1.82) is 5.26 Å². The number of hydrogen-bond acceptors (Lipinski definition) is 6. The Labute approximate surface area is 170 Å². The predicted octanol–water partition coefficient (Wildman–Crippen LogP) is 3.56. The maximum Gasteiger partial charge on any atom is 0.343 e. The highest BCUT2D eigenvalue weighted by atomic mass is 79.9. The van der Waals surface area contributed by atoms with Gasteiger partial charge in [-0.1, -0.05) is 6.07 Å². The standard InChI is InChI=1S/C20H17BrN2O5/c1-26-16-6-4-15(5-7-16)23-20(25)14(11-22)9-13-3-8-18(17(21)10-13)28-12-19(24)27-2/h3-10H,12H2,1-2H3,(H,23,25)/b14-9-. The number of carbonyl (C=O) groups excluding carboxylic acids is 2. The number of ether oxygens (including phenoxy) is 3. The van der Waals surface area contributed by atoms with Gasteiger partial charge in [-0.05, 0) is 64.0 Å². The molecule has 0 atom stereocenters. The molecule has 0 aliphatic rings. The lowest BCUT2D eigenvalue weighted by Gasteiger charge is -2.08. The van der Waals surface area contributed by atoms with E-state index >= 15 is 0 Å². The van der Waals surface area contributed by atoms with Crippen molar-refractivity contribution in [2.24, 2.45) is 0 Å². The lowest BCUT2D eigenvalue weighted by atomic mass is 10.1. The molecule has 1 N–H and O–H groups in total. The number of nitrogens with one attached hydrogen (secondary N) is 1. The third kappa shape index (κ3) is 5.86. The zero-order valence-corrected chi connectivity index (χ0v) is 16.8. The minimum atomic E-state index is -0.533. The molecule has 0 saturated heterocycles. The Bertz CT molecular complexity index is 933. The molecule has 0 aromatic heterocycles. The van der Waals surface area contributed by atoms with Crippen molar-refractivity contribution in [2.45, 2.75) is 0 Å². The van der Waals surface area contributed by atoms with Gasteiger partial charge in [0.2, 0.25) is 0 Å². The number of esters is 1. The number of nitrogens with zero attached hydrogens (tertiary/aromatic N) is 1. The van der Waals surface area contributed by atoms with Crippen LogP contribution in [0.3, 0.4) is 0 Å². The van der Waals surface area contributed by atoms with Gasteiger partial charge in [-0.25, -0.2) is 4.79 Å². The number of rotatable bonds is 7. The molecule has 0 heterocycles. The van der Waals surface area contributed by atoms with E-state index in [0.29, 0.717) is 27.2 Å². The third-order valence-electron chi connectivity index (χ3n) is 3.55. The average molecular weight is 445 g/mol. The number of amides is 1. The number of nitriles is 1. The van der Waals surface area contributed by atoms with Gasteiger partial charge >= 0.3 is 5.97 Å². The molecule has 0 unspecified atom stereocenters. The molecule has 8 heteroatoms. The molecule has 0 fully saturated rings. The number of methoxy groups -OCH3 is 2. The maximum atomic E-state index is 12.3. The Morgan fingerprint density at radius 1 is 1.18 bits per heavy atom. The van der Waals surface area contributed by atoms with Gasteiger partial charge in [0.1, 0.15) is 23.1 Å². The topological polar surface area (TPSA) is 97.7 Å². The zero-order valence-electron chi connectivity index (χ0n) is 15.2. The summed E-state index contributed by atoms with van der Waals surface area (Å²) in [4.78, 5) is 23.5. The molecule has 0 spiro atoms. The van der Waals surface area contributed by atoms with Gasteiger partial charge in [-0.15, -0.1) is 0 Å². The summed E-state index contributed by atoms with van der Waals surface area (Å²) in [6.45, 7) is -0.224. The van der Waals surface area contributed by atoms with Crippen molar-refractivity contribution in [2.75, 3.05) is 26.1 Å². The minimum Gasteiger partial charge on any atom is -0.497 e. The summed E-state index contributed by atoms with van der Waals surface area (Å²) in [5.74, 6) is 0.0600. The van der Waals surface area contributed by atoms with E-state index in [4.69, 9.17) is 9.47 Å². The summed E-state index contributed by atoms with van der Waals surface area (Å²) in [5, 5.41) is 12.0. The summed E-state index contributed by atoms with van der Waals surface area (Å²) in [6.07, 6.45) is 1.45. The highest BCUT2D eigenvalue weighted by molar-refractivity contribution is 9.10. The summed E-state index contributed by atoms with van der Waals surface area (Å²) in [6, 6.07) is 13.6. The molecule has 2 aromatic rings. The van der Waals surface area contributed by atoms with Crippen molar-refractivity contribution in [3.05, 3.63) is 58.1 Å². The van der Waals surface area contributed by atoms with E-state index in [1.807, 2.05) is 6.07 Å². The summed E-state index contributed by atoms with van der Waals surface area (Å²) in [5.41, 5.74) is 1.09. The maximum absolute atomic E-state index is 12.3.